The first-order valence-corrected chi connectivity index (χ1v) is 5.26. The van der Waals surface area contributed by atoms with Crippen molar-refractivity contribution in [1.82, 2.24) is 4.98 Å². The van der Waals surface area contributed by atoms with Crippen LogP contribution < -0.4 is 5.32 Å². The van der Waals surface area contributed by atoms with E-state index < -0.39 is 10.7 Å². The number of hydrogen-bond donors (Lipinski definition) is 1. The molecule has 0 fully saturated rings. The van der Waals surface area contributed by atoms with Gasteiger partial charge in [-0.05, 0) is 18.2 Å². The topological polar surface area (TPSA) is 68.1 Å². The summed E-state index contributed by atoms with van der Waals surface area (Å²) in [6.45, 7) is 0. The van der Waals surface area contributed by atoms with E-state index in [4.69, 9.17) is 11.6 Å². The molecule has 0 saturated heterocycles. The molecule has 7 heteroatoms. The molecule has 2 aromatic rings. The molecular weight excluding hydrogens is 261 g/mol. The summed E-state index contributed by atoms with van der Waals surface area (Å²) in [6.07, 6.45) is 1.31. The molecule has 0 amide bonds. The maximum atomic E-state index is 12.9. The van der Waals surface area contributed by atoms with E-state index in [2.05, 4.69) is 10.3 Å². The number of nitrogens with zero attached hydrogens (tertiary/aromatic N) is 2. The first-order chi connectivity index (χ1) is 8.56. The predicted molar refractivity (Wildman–Crippen MR) is 65.6 cm³/mol. The van der Waals surface area contributed by atoms with Gasteiger partial charge in [0.15, 0.2) is 0 Å². The molecule has 0 aliphatic carbocycles. The van der Waals surface area contributed by atoms with E-state index in [1.54, 1.807) is 0 Å². The molecule has 1 heterocycles. The number of pyridine rings is 1. The van der Waals surface area contributed by atoms with Crippen LogP contribution in [0.2, 0.25) is 5.02 Å². The SMILES string of the molecule is O=[N+]([O-])c1ccnc(Nc2ccc(F)c(Cl)c2)c1. The summed E-state index contributed by atoms with van der Waals surface area (Å²) in [5.41, 5.74) is 0.412. The molecule has 0 unspecified atom stereocenters. The molecule has 0 bridgehead atoms. The molecule has 2 rings (SSSR count). The molecule has 18 heavy (non-hydrogen) atoms. The summed E-state index contributed by atoms with van der Waals surface area (Å²) in [4.78, 5) is 14.0. The second-order valence-electron chi connectivity index (χ2n) is 3.41. The quantitative estimate of drug-likeness (QED) is 0.682. The molecule has 1 N–H and O–H groups in total. The Morgan fingerprint density at radius 2 is 2.11 bits per heavy atom. The fraction of sp³-hybridized carbons (Fsp3) is 0. The largest absolute Gasteiger partial charge is 0.340 e. The van der Waals surface area contributed by atoms with Crippen molar-refractivity contribution in [2.75, 3.05) is 5.32 Å². The van der Waals surface area contributed by atoms with E-state index in [1.807, 2.05) is 0 Å². The van der Waals surface area contributed by atoms with E-state index in [-0.39, 0.29) is 16.5 Å². The Hall–Kier alpha value is -2.21. The van der Waals surface area contributed by atoms with Crippen LogP contribution in [0.1, 0.15) is 0 Å². The molecule has 0 aliphatic heterocycles. The number of hydrogen-bond acceptors (Lipinski definition) is 4. The number of aromatic nitrogens is 1. The molecule has 0 atom stereocenters. The maximum Gasteiger partial charge on any atom is 0.274 e. The van der Waals surface area contributed by atoms with E-state index in [0.29, 0.717) is 5.69 Å². The van der Waals surface area contributed by atoms with E-state index >= 15 is 0 Å². The number of anilines is 2. The zero-order valence-corrected chi connectivity index (χ0v) is 9.69. The van der Waals surface area contributed by atoms with Crippen LogP contribution in [0.3, 0.4) is 0 Å². The first-order valence-electron chi connectivity index (χ1n) is 4.89. The van der Waals surface area contributed by atoms with Gasteiger partial charge in [0.05, 0.1) is 16.0 Å². The average Bonchev–Trinajstić information content (AvgIpc) is 2.34. The summed E-state index contributed by atoms with van der Waals surface area (Å²) in [5, 5.41) is 13.3. The molecule has 1 aromatic carbocycles. The highest BCUT2D eigenvalue weighted by Gasteiger charge is 2.07. The molecule has 0 radical (unpaired) electrons. The van der Waals surface area contributed by atoms with Crippen molar-refractivity contribution in [2.24, 2.45) is 0 Å². The molecule has 0 aliphatic rings. The van der Waals surface area contributed by atoms with Crippen molar-refractivity contribution in [2.45, 2.75) is 0 Å². The smallest absolute Gasteiger partial charge is 0.274 e. The lowest BCUT2D eigenvalue weighted by molar-refractivity contribution is -0.384. The summed E-state index contributed by atoms with van der Waals surface area (Å²) in [6, 6.07) is 6.58. The van der Waals surface area contributed by atoms with Crippen LogP contribution in [0.15, 0.2) is 36.5 Å². The van der Waals surface area contributed by atoms with E-state index in [1.165, 1.54) is 36.5 Å². The fourth-order valence-electron chi connectivity index (χ4n) is 1.32. The summed E-state index contributed by atoms with van der Waals surface area (Å²) in [7, 11) is 0. The Morgan fingerprint density at radius 3 is 2.78 bits per heavy atom. The van der Waals surface area contributed by atoms with Crippen LogP contribution in [-0.2, 0) is 0 Å². The van der Waals surface area contributed by atoms with Crippen molar-refractivity contribution in [3.8, 4) is 0 Å². The molecule has 1 aromatic heterocycles. The number of nitro groups is 1. The summed E-state index contributed by atoms with van der Waals surface area (Å²) in [5.74, 6) is -0.249. The standard InChI is InChI=1S/C11H7ClFN3O2/c12-9-5-7(1-2-10(9)13)15-11-6-8(16(17)18)3-4-14-11/h1-6H,(H,14,15). The Kier molecular flexibility index (Phi) is 3.38. The van der Waals surface area contributed by atoms with Gasteiger partial charge >= 0.3 is 0 Å². The summed E-state index contributed by atoms with van der Waals surface area (Å²) >= 11 is 5.62. The maximum absolute atomic E-state index is 12.9. The minimum atomic E-state index is -0.533. The van der Waals surface area contributed by atoms with Gasteiger partial charge in [0, 0.05) is 18.0 Å². The van der Waals surface area contributed by atoms with Gasteiger partial charge in [-0.1, -0.05) is 11.6 Å². The van der Waals surface area contributed by atoms with Gasteiger partial charge in [-0.3, -0.25) is 10.1 Å². The van der Waals surface area contributed by atoms with Gasteiger partial charge in [-0.2, -0.15) is 0 Å². The lowest BCUT2D eigenvalue weighted by Crippen LogP contribution is -1.95. The van der Waals surface area contributed by atoms with Crippen molar-refractivity contribution in [1.29, 1.82) is 0 Å². The van der Waals surface area contributed by atoms with Crippen LogP contribution >= 0.6 is 11.6 Å². The number of nitrogens with one attached hydrogen (secondary N) is 1. The predicted octanol–water partition coefficient (Wildman–Crippen LogP) is 3.53. The molecule has 0 saturated carbocycles. The van der Waals surface area contributed by atoms with Crippen molar-refractivity contribution >= 4 is 28.8 Å². The van der Waals surface area contributed by atoms with Crippen LogP contribution in [0, 0.1) is 15.9 Å². The van der Waals surface area contributed by atoms with Crippen molar-refractivity contribution in [3.63, 3.8) is 0 Å². The highest BCUT2D eigenvalue weighted by molar-refractivity contribution is 6.31. The average molecular weight is 268 g/mol. The third kappa shape index (κ3) is 2.72. The zero-order chi connectivity index (χ0) is 13.1. The third-order valence-electron chi connectivity index (χ3n) is 2.15. The highest BCUT2D eigenvalue weighted by Crippen LogP contribution is 2.23. The monoisotopic (exact) mass is 267 g/mol. The Morgan fingerprint density at radius 1 is 1.33 bits per heavy atom. The molecular formula is C11H7ClFN3O2. The molecule has 0 spiro atoms. The van der Waals surface area contributed by atoms with Gasteiger partial charge in [-0.25, -0.2) is 9.37 Å². The zero-order valence-electron chi connectivity index (χ0n) is 8.93. The van der Waals surface area contributed by atoms with Gasteiger partial charge < -0.3 is 5.32 Å². The number of rotatable bonds is 3. The summed E-state index contributed by atoms with van der Waals surface area (Å²) < 4.78 is 12.9. The van der Waals surface area contributed by atoms with Gasteiger partial charge in [-0.15, -0.1) is 0 Å². The van der Waals surface area contributed by atoms with Gasteiger partial charge in [0.1, 0.15) is 11.6 Å². The minimum Gasteiger partial charge on any atom is -0.340 e. The third-order valence-corrected chi connectivity index (χ3v) is 2.44. The lowest BCUT2D eigenvalue weighted by Gasteiger charge is -2.05. The number of benzene rings is 1. The van der Waals surface area contributed by atoms with E-state index in [9.17, 15) is 14.5 Å². The molecule has 92 valence electrons. The van der Waals surface area contributed by atoms with Crippen molar-refractivity contribution in [3.05, 3.63) is 57.5 Å². The van der Waals surface area contributed by atoms with E-state index in [0.717, 1.165) is 0 Å². The highest BCUT2D eigenvalue weighted by atomic mass is 35.5. The van der Waals surface area contributed by atoms with Gasteiger partial charge in [0.2, 0.25) is 0 Å². The van der Waals surface area contributed by atoms with Crippen LogP contribution in [-0.4, -0.2) is 9.91 Å². The fourth-order valence-corrected chi connectivity index (χ4v) is 1.50. The molecule has 5 nitrogen and oxygen atoms in total. The lowest BCUT2D eigenvalue weighted by atomic mass is 10.3. The first kappa shape index (κ1) is 12.3. The Balaban J connectivity index is 2.25. The van der Waals surface area contributed by atoms with Crippen LogP contribution in [0.4, 0.5) is 21.6 Å². The second kappa shape index (κ2) is 4.97. The second-order valence-corrected chi connectivity index (χ2v) is 3.82. The minimum absolute atomic E-state index is 0.0366. The van der Waals surface area contributed by atoms with Crippen LogP contribution in [0.5, 0.6) is 0 Å². The van der Waals surface area contributed by atoms with Crippen molar-refractivity contribution < 1.29 is 9.31 Å². The van der Waals surface area contributed by atoms with Gasteiger partial charge in [0.25, 0.3) is 5.69 Å². The normalized spacial score (nSPS) is 10.1. The Labute approximate surface area is 106 Å². The van der Waals surface area contributed by atoms with Crippen LogP contribution in [0.25, 0.3) is 0 Å². The number of halogens is 2. The Bertz CT molecular complexity index is 607.